The number of benzene rings is 2. The summed E-state index contributed by atoms with van der Waals surface area (Å²) in [6.45, 7) is 1.57. The Morgan fingerprint density at radius 2 is 1.72 bits per heavy atom. The third kappa shape index (κ3) is 3.59. The standard InChI is InChI=1S/C24H23N3O4.Na/c1-14(28)21-20-12-17(22(24(30)31)26(20)23(21)29)19-13-18(15-8-4-2-5-9-15)25-27(19)16-10-6-3-7-11-16;/h2-11,14,19-21,28H,12-13H2,1H3,(H,30,31);/q;+1/p-1/t14-,19-,20-,21-;/m1./s1. The number of rotatable bonds is 5. The minimum absolute atomic E-state index is 0. The minimum Gasteiger partial charge on any atom is -0.543 e. The molecule has 0 aliphatic carbocycles. The van der Waals surface area contributed by atoms with Gasteiger partial charge in [-0.25, -0.2) is 0 Å². The molecule has 2 aromatic carbocycles. The van der Waals surface area contributed by atoms with Crippen LogP contribution in [0.5, 0.6) is 0 Å². The Bertz CT molecular complexity index is 1100. The SMILES string of the molecule is C[C@@H](O)[C@H]1C(=O)N2C(C(=O)[O-])=C([C@H]3CC(c4ccccc4)=NN3c3ccccc3)C[C@H]12.[Na+]. The van der Waals surface area contributed by atoms with Gasteiger partial charge in [0.05, 0.1) is 47.2 Å². The number of carboxylic acid groups (broad SMARTS) is 1. The summed E-state index contributed by atoms with van der Waals surface area (Å²) in [4.78, 5) is 26.0. The van der Waals surface area contributed by atoms with Gasteiger partial charge >= 0.3 is 29.6 Å². The number of aliphatic hydroxyl groups excluding tert-OH is 1. The molecule has 3 aliphatic heterocycles. The number of carboxylic acids is 1. The fourth-order valence-corrected chi connectivity index (χ4v) is 4.99. The number of hydrazone groups is 1. The first-order valence-corrected chi connectivity index (χ1v) is 10.4. The number of carbonyl (C=O) groups excluding carboxylic acids is 2. The van der Waals surface area contributed by atoms with Crippen molar-refractivity contribution in [3.63, 3.8) is 0 Å². The topological polar surface area (TPSA) is 96.3 Å². The number of hydrogen-bond donors (Lipinski definition) is 1. The summed E-state index contributed by atoms with van der Waals surface area (Å²) in [5.41, 5.74) is 3.23. The number of amides is 1. The van der Waals surface area contributed by atoms with Gasteiger partial charge in [-0.05, 0) is 36.6 Å². The Morgan fingerprint density at radius 1 is 1.09 bits per heavy atom. The smallest absolute Gasteiger partial charge is 0.543 e. The number of nitrogens with zero attached hydrogens (tertiary/aromatic N) is 3. The summed E-state index contributed by atoms with van der Waals surface area (Å²) in [6, 6.07) is 18.7. The maximum atomic E-state index is 12.6. The molecule has 0 spiro atoms. The van der Waals surface area contributed by atoms with Gasteiger partial charge in [-0.15, -0.1) is 0 Å². The molecule has 1 N–H and O–H groups in total. The number of carbonyl (C=O) groups is 2. The van der Waals surface area contributed by atoms with Crippen LogP contribution in [-0.4, -0.2) is 45.8 Å². The van der Waals surface area contributed by atoms with Crippen molar-refractivity contribution in [1.82, 2.24) is 4.90 Å². The molecule has 0 unspecified atom stereocenters. The van der Waals surface area contributed by atoms with Crippen LogP contribution in [0.1, 0.15) is 25.3 Å². The third-order valence-electron chi connectivity index (χ3n) is 6.40. The van der Waals surface area contributed by atoms with Crippen LogP contribution in [0.15, 0.2) is 77.0 Å². The number of aliphatic carboxylic acids is 1. The van der Waals surface area contributed by atoms with E-state index in [9.17, 15) is 19.8 Å². The van der Waals surface area contributed by atoms with Gasteiger partial charge in [0.25, 0.3) is 0 Å². The van der Waals surface area contributed by atoms with Crippen molar-refractivity contribution in [1.29, 1.82) is 0 Å². The number of aliphatic hydroxyl groups is 1. The molecule has 0 radical (unpaired) electrons. The molecule has 1 fully saturated rings. The number of β-lactam (4-membered cyclic amide) rings is 1. The Morgan fingerprint density at radius 3 is 2.31 bits per heavy atom. The van der Waals surface area contributed by atoms with Gasteiger partial charge in [0.15, 0.2) is 0 Å². The number of hydrogen-bond acceptors (Lipinski definition) is 6. The number of fused-ring (bicyclic) bond motifs is 1. The zero-order chi connectivity index (χ0) is 21.7. The largest absolute Gasteiger partial charge is 1.00 e. The summed E-state index contributed by atoms with van der Waals surface area (Å²) < 4.78 is 0. The van der Waals surface area contributed by atoms with E-state index in [2.05, 4.69) is 0 Å². The zero-order valence-corrected chi connectivity index (χ0v) is 20.0. The molecule has 7 nitrogen and oxygen atoms in total. The van der Waals surface area contributed by atoms with Crippen LogP contribution < -0.4 is 39.7 Å². The average molecular weight is 439 g/mol. The van der Waals surface area contributed by atoms with Gasteiger partial charge in [-0.2, -0.15) is 5.10 Å². The van der Waals surface area contributed by atoms with E-state index in [-0.39, 0.29) is 53.2 Å². The Kier molecular flexibility index (Phi) is 6.27. The summed E-state index contributed by atoms with van der Waals surface area (Å²) in [5, 5.41) is 28.8. The molecule has 1 amide bonds. The second-order valence-electron chi connectivity index (χ2n) is 8.22. The molecule has 3 heterocycles. The fraction of sp³-hybridized carbons (Fsp3) is 0.292. The van der Waals surface area contributed by atoms with E-state index in [1.807, 2.05) is 65.7 Å². The Labute approximate surface area is 208 Å². The van der Waals surface area contributed by atoms with Gasteiger partial charge < -0.3 is 19.9 Å². The van der Waals surface area contributed by atoms with E-state index in [4.69, 9.17) is 5.10 Å². The summed E-state index contributed by atoms with van der Waals surface area (Å²) in [5.74, 6) is -2.31. The Hall–Kier alpha value is -2.45. The predicted molar refractivity (Wildman–Crippen MR) is 113 cm³/mol. The zero-order valence-electron chi connectivity index (χ0n) is 18.0. The van der Waals surface area contributed by atoms with E-state index < -0.39 is 18.0 Å². The normalized spacial score (nSPS) is 25.1. The van der Waals surface area contributed by atoms with Gasteiger partial charge in [-0.1, -0.05) is 48.5 Å². The van der Waals surface area contributed by atoms with Crippen molar-refractivity contribution in [2.24, 2.45) is 11.0 Å². The first-order chi connectivity index (χ1) is 15.0. The van der Waals surface area contributed by atoms with Crippen molar-refractivity contribution in [3.05, 3.63) is 77.5 Å². The molecule has 3 aliphatic rings. The quantitative estimate of drug-likeness (QED) is 0.442. The monoisotopic (exact) mass is 439 g/mol. The maximum Gasteiger partial charge on any atom is 1.00 e. The van der Waals surface area contributed by atoms with Gasteiger partial charge in [0.1, 0.15) is 0 Å². The van der Waals surface area contributed by atoms with Crippen LogP contribution in [0.4, 0.5) is 5.69 Å². The van der Waals surface area contributed by atoms with Crippen LogP contribution in [-0.2, 0) is 9.59 Å². The van der Waals surface area contributed by atoms with Crippen molar-refractivity contribution in [2.45, 2.75) is 38.0 Å². The summed E-state index contributed by atoms with van der Waals surface area (Å²) >= 11 is 0. The molecular weight excluding hydrogens is 417 g/mol. The third-order valence-corrected chi connectivity index (χ3v) is 6.40. The second-order valence-corrected chi connectivity index (χ2v) is 8.22. The van der Waals surface area contributed by atoms with Gasteiger partial charge in [-0.3, -0.25) is 9.80 Å². The first kappa shape index (κ1) is 22.7. The molecule has 0 saturated carbocycles. The van der Waals surface area contributed by atoms with Crippen molar-refractivity contribution in [2.75, 3.05) is 5.01 Å². The molecule has 5 rings (SSSR count). The number of anilines is 1. The molecule has 4 atom stereocenters. The van der Waals surface area contributed by atoms with Crippen LogP contribution in [0, 0.1) is 5.92 Å². The van der Waals surface area contributed by atoms with Gasteiger partial charge in [0, 0.05) is 6.42 Å². The maximum absolute atomic E-state index is 12.6. The predicted octanol–water partition coefficient (Wildman–Crippen LogP) is -1.71. The Balaban J connectivity index is 0.00000245. The van der Waals surface area contributed by atoms with Gasteiger partial charge in [0.2, 0.25) is 5.91 Å². The van der Waals surface area contributed by atoms with Crippen molar-refractivity contribution < 1.29 is 49.4 Å². The minimum atomic E-state index is -1.36. The first-order valence-electron chi connectivity index (χ1n) is 10.4. The molecule has 8 heteroatoms. The van der Waals surface area contributed by atoms with Crippen molar-refractivity contribution in [3.8, 4) is 0 Å². The second kappa shape index (κ2) is 8.83. The van der Waals surface area contributed by atoms with Crippen LogP contribution in [0.25, 0.3) is 0 Å². The van der Waals surface area contributed by atoms with E-state index in [1.54, 1.807) is 6.92 Å². The van der Waals surface area contributed by atoms with Crippen LogP contribution in [0.2, 0.25) is 0 Å². The molecule has 32 heavy (non-hydrogen) atoms. The van der Waals surface area contributed by atoms with E-state index >= 15 is 0 Å². The number of para-hydroxylation sites is 1. The summed E-state index contributed by atoms with van der Waals surface area (Å²) in [7, 11) is 0. The van der Waals surface area contributed by atoms with Crippen LogP contribution in [0.3, 0.4) is 0 Å². The average Bonchev–Trinajstić information content (AvgIpc) is 3.34. The van der Waals surface area contributed by atoms with E-state index in [0.717, 1.165) is 17.0 Å². The molecule has 0 bridgehead atoms. The molecule has 158 valence electrons. The van der Waals surface area contributed by atoms with Crippen molar-refractivity contribution >= 4 is 23.3 Å². The van der Waals surface area contributed by atoms with Crippen LogP contribution >= 0.6 is 0 Å². The molecule has 2 aromatic rings. The molecule has 0 aromatic heterocycles. The molecule has 1 saturated heterocycles. The van der Waals surface area contributed by atoms with E-state index in [1.165, 1.54) is 4.90 Å². The fourth-order valence-electron chi connectivity index (χ4n) is 4.99. The van der Waals surface area contributed by atoms with E-state index in [0.29, 0.717) is 18.4 Å². The summed E-state index contributed by atoms with van der Waals surface area (Å²) in [6.07, 6.45) is 0.0658. The molecular formula is C24H22N3NaO4.